The quantitative estimate of drug-likeness (QED) is 0.646. The number of rotatable bonds is 4. The van der Waals surface area contributed by atoms with Crippen LogP contribution in [0.3, 0.4) is 0 Å². The van der Waals surface area contributed by atoms with Crippen molar-refractivity contribution in [2.45, 2.75) is 13.0 Å². The van der Waals surface area contributed by atoms with Crippen molar-refractivity contribution in [3.8, 4) is 5.75 Å². The molecular weight excluding hydrogens is 314 g/mol. The first-order valence-corrected chi connectivity index (χ1v) is 9.15. The summed E-state index contributed by atoms with van der Waals surface area (Å²) in [5.41, 5.74) is 6.80. The van der Waals surface area contributed by atoms with Crippen molar-refractivity contribution in [1.82, 2.24) is 0 Å². The van der Waals surface area contributed by atoms with Gasteiger partial charge in [-0.1, -0.05) is 18.2 Å². The van der Waals surface area contributed by atoms with Gasteiger partial charge in [0, 0.05) is 22.9 Å². The average molecular weight is 334 g/mol. The highest BCUT2D eigenvalue weighted by atomic mass is 32.1. The third-order valence-corrected chi connectivity index (χ3v) is 5.25. The molecule has 0 bridgehead atoms. The Hall–Kier alpha value is -2.39. The molecule has 2 nitrogen and oxygen atoms in total. The molecule has 0 radical (unpaired) electrons. The number of benzene rings is 2. The Kier molecular flexibility index (Phi) is 4.18. The molecule has 1 aliphatic rings. The van der Waals surface area contributed by atoms with Gasteiger partial charge in [-0.2, -0.15) is 11.3 Å². The van der Waals surface area contributed by atoms with Crippen LogP contribution in [-0.2, 0) is 13.0 Å². The monoisotopic (exact) mass is 334 g/mol. The van der Waals surface area contributed by atoms with E-state index in [-0.39, 0.29) is 0 Å². The molecule has 0 unspecified atom stereocenters. The first-order chi connectivity index (χ1) is 11.8. The molecule has 2 heterocycles. The van der Waals surface area contributed by atoms with Crippen LogP contribution in [0, 0.1) is 0 Å². The van der Waals surface area contributed by atoms with Gasteiger partial charge in [-0.15, -0.1) is 0 Å². The first kappa shape index (κ1) is 15.2. The maximum absolute atomic E-state index is 5.27. The molecule has 120 valence electrons. The number of nitrogens with zero attached hydrogens (tertiary/aromatic N) is 1. The summed E-state index contributed by atoms with van der Waals surface area (Å²) in [5.74, 6) is 0.907. The van der Waals surface area contributed by atoms with Crippen LogP contribution >= 0.6 is 11.3 Å². The lowest BCUT2D eigenvalue weighted by molar-refractivity contribution is -0.544. The molecule has 1 aromatic heterocycles. The zero-order chi connectivity index (χ0) is 16.4. The minimum absolute atomic E-state index is 0.907. The van der Waals surface area contributed by atoms with E-state index in [0.717, 1.165) is 25.3 Å². The number of fused-ring (bicyclic) bond motifs is 1. The van der Waals surface area contributed by atoms with Gasteiger partial charge in [0.1, 0.15) is 12.3 Å². The van der Waals surface area contributed by atoms with Crippen LogP contribution < -0.4 is 4.74 Å². The lowest BCUT2D eigenvalue weighted by Crippen LogP contribution is -2.30. The molecule has 3 aromatic rings. The summed E-state index contributed by atoms with van der Waals surface area (Å²) in [6, 6.07) is 19.4. The fourth-order valence-corrected chi connectivity index (χ4v) is 3.99. The molecular formula is C21H20NOS+. The highest BCUT2D eigenvalue weighted by molar-refractivity contribution is 7.08. The number of hydrogen-bond acceptors (Lipinski definition) is 2. The van der Waals surface area contributed by atoms with Crippen LogP contribution in [0.5, 0.6) is 5.75 Å². The van der Waals surface area contributed by atoms with Crippen molar-refractivity contribution in [3.63, 3.8) is 0 Å². The largest absolute Gasteiger partial charge is 0.497 e. The molecule has 0 N–H and O–H groups in total. The Morgan fingerprint density at radius 3 is 2.62 bits per heavy atom. The molecule has 1 aliphatic heterocycles. The summed E-state index contributed by atoms with van der Waals surface area (Å²) in [7, 11) is 1.71. The smallest absolute Gasteiger partial charge is 0.215 e. The van der Waals surface area contributed by atoms with Crippen molar-refractivity contribution in [3.05, 3.63) is 87.6 Å². The molecule has 0 aliphatic carbocycles. The summed E-state index contributed by atoms with van der Waals surface area (Å²) in [6.45, 7) is 1.97. The normalized spacial score (nSPS) is 13.7. The van der Waals surface area contributed by atoms with E-state index in [0.29, 0.717) is 0 Å². The minimum Gasteiger partial charge on any atom is -0.497 e. The molecule has 0 amide bonds. The SMILES string of the molecule is COc1ccc(C[N+]2=C(c3ccsc3)c3ccccc3CC2)cc1. The third kappa shape index (κ3) is 2.87. The molecule has 0 atom stereocenters. The second-order valence-electron chi connectivity index (χ2n) is 6.04. The Labute approximate surface area is 146 Å². The van der Waals surface area contributed by atoms with E-state index in [9.17, 15) is 0 Å². The molecule has 0 fully saturated rings. The van der Waals surface area contributed by atoms with Crippen LogP contribution in [0.1, 0.15) is 22.3 Å². The molecule has 3 heteroatoms. The van der Waals surface area contributed by atoms with Crippen molar-refractivity contribution < 1.29 is 9.31 Å². The van der Waals surface area contributed by atoms with Crippen LogP contribution in [0.15, 0.2) is 65.4 Å². The van der Waals surface area contributed by atoms with E-state index in [1.54, 1.807) is 18.4 Å². The van der Waals surface area contributed by atoms with Gasteiger partial charge in [-0.25, -0.2) is 4.58 Å². The molecule has 24 heavy (non-hydrogen) atoms. The summed E-state index contributed by atoms with van der Waals surface area (Å²) in [4.78, 5) is 0. The van der Waals surface area contributed by atoms with Crippen LogP contribution in [0.25, 0.3) is 0 Å². The van der Waals surface area contributed by atoms with E-state index < -0.39 is 0 Å². The van der Waals surface area contributed by atoms with Gasteiger partial charge in [0.15, 0.2) is 6.54 Å². The van der Waals surface area contributed by atoms with Crippen molar-refractivity contribution in [2.75, 3.05) is 13.7 Å². The van der Waals surface area contributed by atoms with Gasteiger partial charge < -0.3 is 4.74 Å². The fourth-order valence-electron chi connectivity index (χ4n) is 3.35. The molecule has 0 spiro atoms. The standard InChI is InChI=1S/C21H20NOS/c1-23-19-8-6-16(7-9-19)14-22-12-10-17-4-2-3-5-20(17)21(22)18-11-13-24-15-18/h2-9,11,13,15H,10,12,14H2,1H3/q+1. The van der Waals surface area contributed by atoms with E-state index >= 15 is 0 Å². The minimum atomic E-state index is 0.907. The van der Waals surface area contributed by atoms with E-state index in [2.05, 4.69) is 57.8 Å². The number of methoxy groups -OCH3 is 1. The second kappa shape index (κ2) is 6.62. The van der Waals surface area contributed by atoms with Crippen LogP contribution in [0.2, 0.25) is 0 Å². The zero-order valence-corrected chi connectivity index (χ0v) is 14.6. The van der Waals surface area contributed by atoms with E-state index in [4.69, 9.17) is 4.74 Å². The first-order valence-electron chi connectivity index (χ1n) is 8.21. The highest BCUT2D eigenvalue weighted by Crippen LogP contribution is 2.23. The maximum atomic E-state index is 5.27. The topological polar surface area (TPSA) is 12.2 Å². The van der Waals surface area contributed by atoms with Gasteiger partial charge in [-0.05, 0) is 47.3 Å². The summed E-state index contributed by atoms with van der Waals surface area (Å²) < 4.78 is 7.77. The van der Waals surface area contributed by atoms with Gasteiger partial charge in [0.05, 0.1) is 12.7 Å². The van der Waals surface area contributed by atoms with Crippen LogP contribution in [-0.4, -0.2) is 23.9 Å². The van der Waals surface area contributed by atoms with E-state index in [1.807, 2.05) is 12.1 Å². The van der Waals surface area contributed by atoms with Gasteiger partial charge >= 0.3 is 0 Å². The van der Waals surface area contributed by atoms with Gasteiger partial charge in [0.2, 0.25) is 5.71 Å². The zero-order valence-electron chi connectivity index (χ0n) is 13.7. The molecule has 2 aromatic carbocycles. The number of ether oxygens (including phenoxy) is 1. The van der Waals surface area contributed by atoms with Crippen LogP contribution in [0.4, 0.5) is 0 Å². The molecule has 4 rings (SSSR count). The van der Waals surface area contributed by atoms with Gasteiger partial charge in [-0.3, -0.25) is 0 Å². The fraction of sp³-hybridized carbons (Fsp3) is 0.190. The predicted octanol–water partition coefficient (Wildman–Crippen LogP) is 4.36. The Balaban J connectivity index is 1.77. The summed E-state index contributed by atoms with van der Waals surface area (Å²) in [6.07, 6.45) is 1.10. The molecule has 0 saturated heterocycles. The molecule has 0 saturated carbocycles. The predicted molar refractivity (Wildman–Crippen MR) is 99.5 cm³/mol. The number of thiophene rings is 1. The average Bonchev–Trinajstić information content (AvgIpc) is 3.16. The number of hydrogen-bond donors (Lipinski definition) is 0. The third-order valence-electron chi connectivity index (χ3n) is 4.57. The lowest BCUT2D eigenvalue weighted by atomic mass is 9.93. The Bertz CT molecular complexity index is 863. The Morgan fingerprint density at radius 1 is 1.04 bits per heavy atom. The van der Waals surface area contributed by atoms with Crippen molar-refractivity contribution >= 4 is 17.0 Å². The lowest BCUT2D eigenvalue weighted by Gasteiger charge is -2.18. The van der Waals surface area contributed by atoms with Crippen molar-refractivity contribution in [1.29, 1.82) is 0 Å². The van der Waals surface area contributed by atoms with Gasteiger partial charge in [0.25, 0.3) is 0 Å². The summed E-state index contributed by atoms with van der Waals surface area (Å²) >= 11 is 1.76. The highest BCUT2D eigenvalue weighted by Gasteiger charge is 2.27. The van der Waals surface area contributed by atoms with E-state index in [1.165, 1.54) is 28.0 Å². The second-order valence-corrected chi connectivity index (χ2v) is 6.82. The Morgan fingerprint density at radius 2 is 1.88 bits per heavy atom. The maximum Gasteiger partial charge on any atom is 0.215 e. The summed E-state index contributed by atoms with van der Waals surface area (Å²) in [5, 5.41) is 4.41. The van der Waals surface area contributed by atoms with Crippen molar-refractivity contribution in [2.24, 2.45) is 0 Å².